The summed E-state index contributed by atoms with van der Waals surface area (Å²) in [5.41, 5.74) is 5.85. The van der Waals surface area contributed by atoms with E-state index in [-0.39, 0.29) is 11.8 Å². The fourth-order valence-electron chi connectivity index (χ4n) is 4.23. The number of H-pyrrole nitrogens is 1. The van der Waals surface area contributed by atoms with Crippen molar-refractivity contribution in [2.45, 2.75) is 45.6 Å². The number of rotatable bonds is 8. The van der Waals surface area contributed by atoms with Crippen LogP contribution in [-0.4, -0.2) is 46.5 Å². The molecule has 0 aliphatic carbocycles. The van der Waals surface area contributed by atoms with Crippen LogP contribution in [0.15, 0.2) is 72.8 Å². The van der Waals surface area contributed by atoms with E-state index in [2.05, 4.69) is 71.7 Å². The van der Waals surface area contributed by atoms with E-state index in [0.29, 0.717) is 18.8 Å². The van der Waals surface area contributed by atoms with E-state index in [0.717, 1.165) is 45.0 Å². The van der Waals surface area contributed by atoms with Gasteiger partial charge >= 0.3 is 5.97 Å². The van der Waals surface area contributed by atoms with Crippen molar-refractivity contribution in [2.75, 3.05) is 0 Å². The lowest BCUT2D eigenvalue weighted by Crippen LogP contribution is -2.14. The Morgan fingerprint density at radius 3 is 2.18 bits per heavy atom. The molecule has 0 saturated heterocycles. The third-order valence-corrected chi connectivity index (χ3v) is 6.31. The van der Waals surface area contributed by atoms with Crippen LogP contribution in [0.2, 0.25) is 0 Å². The van der Waals surface area contributed by atoms with Crippen molar-refractivity contribution < 1.29 is 9.90 Å². The normalized spacial score (nSPS) is 11.6. The number of carboxylic acids is 1. The van der Waals surface area contributed by atoms with Crippen LogP contribution in [-0.2, 0) is 23.2 Å². The van der Waals surface area contributed by atoms with Crippen LogP contribution in [0.3, 0.4) is 0 Å². The van der Waals surface area contributed by atoms with Crippen LogP contribution in [0.25, 0.3) is 33.9 Å². The van der Waals surface area contributed by atoms with Gasteiger partial charge in [0.05, 0.1) is 6.54 Å². The highest BCUT2D eigenvalue weighted by Gasteiger charge is 2.23. The van der Waals surface area contributed by atoms with Gasteiger partial charge in [0.15, 0.2) is 17.5 Å². The largest absolute Gasteiger partial charge is 0.481 e. The van der Waals surface area contributed by atoms with Gasteiger partial charge in [0.1, 0.15) is 0 Å². The zero-order chi connectivity index (χ0) is 26.7. The summed E-state index contributed by atoms with van der Waals surface area (Å²) in [6.07, 6.45) is 0.609. The minimum atomic E-state index is -0.798. The molecule has 2 heterocycles. The maximum Gasteiger partial charge on any atom is 0.303 e. The topological polar surface area (TPSA) is 122 Å². The van der Waals surface area contributed by atoms with Crippen LogP contribution in [0.1, 0.15) is 44.1 Å². The Hall–Kier alpha value is -4.66. The van der Waals surface area contributed by atoms with Crippen molar-refractivity contribution in [2.24, 2.45) is 0 Å². The van der Waals surface area contributed by atoms with Crippen LogP contribution >= 0.6 is 0 Å². The second-order valence-corrected chi connectivity index (χ2v) is 10.2. The predicted octanol–water partition coefficient (Wildman–Crippen LogP) is 5.16. The lowest BCUT2D eigenvalue weighted by Gasteiger charge is -2.12. The minimum absolute atomic E-state index is 0.111. The van der Waals surface area contributed by atoms with Crippen LogP contribution < -0.4 is 0 Å². The van der Waals surface area contributed by atoms with Gasteiger partial charge in [-0.15, -0.1) is 5.10 Å². The van der Waals surface area contributed by atoms with Gasteiger partial charge in [0.2, 0.25) is 0 Å². The van der Waals surface area contributed by atoms with Crippen molar-refractivity contribution in [1.29, 1.82) is 0 Å². The Kier molecular flexibility index (Phi) is 6.83. The van der Waals surface area contributed by atoms with Crippen molar-refractivity contribution in [3.05, 3.63) is 89.7 Å². The Morgan fingerprint density at radius 1 is 0.895 bits per heavy atom. The molecule has 192 valence electrons. The summed E-state index contributed by atoms with van der Waals surface area (Å²) in [4.78, 5) is 15.8. The maximum atomic E-state index is 10.9. The summed E-state index contributed by atoms with van der Waals surface area (Å²) >= 11 is 0. The van der Waals surface area contributed by atoms with E-state index >= 15 is 0 Å². The molecule has 2 aromatic heterocycles. The Labute approximate surface area is 220 Å². The number of aliphatic carboxylic acids is 1. The molecule has 0 unspecified atom stereocenters. The first-order chi connectivity index (χ1) is 18.3. The number of nitrogens with one attached hydrogen (secondary N) is 1. The first kappa shape index (κ1) is 25.0. The summed E-state index contributed by atoms with van der Waals surface area (Å²) in [5.74, 6) is 1.38. The van der Waals surface area contributed by atoms with Gasteiger partial charge in [-0.25, -0.2) is 14.8 Å². The molecule has 0 aliphatic rings. The molecule has 2 N–H and O–H groups in total. The summed E-state index contributed by atoms with van der Waals surface area (Å²) in [6.45, 7) is 6.86. The average Bonchev–Trinajstić information content (AvgIpc) is 3.59. The van der Waals surface area contributed by atoms with E-state index in [1.54, 1.807) is 0 Å². The fraction of sp³-hybridized carbons (Fsp3) is 0.241. The number of tetrazole rings is 1. The van der Waals surface area contributed by atoms with E-state index in [1.165, 1.54) is 0 Å². The quantitative estimate of drug-likeness (QED) is 0.298. The number of carboxylic acid groups (broad SMARTS) is 1. The molecular weight excluding hydrogens is 478 g/mol. The SMILES string of the molecule is CC(C)(C)c1nc(-c2ccc(CCC(=O)O)cc2)n(Cc2ccc(-c3ccccc3-c3nnn[nH]3)cc2)n1. The first-order valence-electron chi connectivity index (χ1n) is 12.5. The number of hydrogen-bond acceptors (Lipinski definition) is 6. The molecule has 9 nitrogen and oxygen atoms in total. The number of benzene rings is 3. The number of aromatic nitrogens is 7. The van der Waals surface area contributed by atoms with Crippen molar-refractivity contribution in [3.8, 4) is 33.9 Å². The summed E-state index contributed by atoms with van der Waals surface area (Å²) in [5, 5.41) is 28.2. The lowest BCUT2D eigenvalue weighted by molar-refractivity contribution is -0.136. The molecule has 5 aromatic rings. The molecule has 0 amide bonds. The summed E-state index contributed by atoms with van der Waals surface area (Å²) in [7, 11) is 0. The number of carbonyl (C=O) groups is 1. The minimum Gasteiger partial charge on any atom is -0.481 e. The molecule has 5 rings (SSSR count). The molecule has 38 heavy (non-hydrogen) atoms. The van der Waals surface area contributed by atoms with E-state index in [4.69, 9.17) is 15.2 Å². The fourth-order valence-corrected chi connectivity index (χ4v) is 4.23. The zero-order valence-electron chi connectivity index (χ0n) is 21.6. The molecule has 0 aliphatic heterocycles. The van der Waals surface area contributed by atoms with Gasteiger partial charge in [-0.05, 0) is 39.1 Å². The summed E-state index contributed by atoms with van der Waals surface area (Å²) < 4.78 is 1.94. The highest BCUT2D eigenvalue weighted by Crippen LogP contribution is 2.30. The smallest absolute Gasteiger partial charge is 0.303 e. The van der Waals surface area contributed by atoms with Gasteiger partial charge < -0.3 is 5.11 Å². The molecular formula is C29H29N7O2. The lowest BCUT2D eigenvalue weighted by atomic mass is 9.96. The third-order valence-electron chi connectivity index (χ3n) is 6.31. The van der Waals surface area contributed by atoms with Crippen LogP contribution in [0.4, 0.5) is 0 Å². The van der Waals surface area contributed by atoms with Crippen molar-refractivity contribution in [3.63, 3.8) is 0 Å². The van der Waals surface area contributed by atoms with Crippen LogP contribution in [0.5, 0.6) is 0 Å². The van der Waals surface area contributed by atoms with E-state index < -0.39 is 5.97 Å². The predicted molar refractivity (Wildman–Crippen MR) is 144 cm³/mol. The molecule has 9 heteroatoms. The highest BCUT2D eigenvalue weighted by molar-refractivity contribution is 5.80. The third kappa shape index (κ3) is 5.51. The van der Waals surface area contributed by atoms with Crippen molar-refractivity contribution in [1.82, 2.24) is 35.4 Å². The molecule has 0 fully saturated rings. The number of nitrogens with zero attached hydrogens (tertiary/aromatic N) is 6. The second kappa shape index (κ2) is 10.4. The van der Waals surface area contributed by atoms with Gasteiger partial charge in [-0.3, -0.25) is 4.79 Å². The number of aryl methyl sites for hydroxylation is 1. The molecule has 0 saturated carbocycles. The Bertz CT molecular complexity index is 1530. The second-order valence-electron chi connectivity index (χ2n) is 10.2. The van der Waals surface area contributed by atoms with Crippen LogP contribution in [0, 0.1) is 0 Å². The van der Waals surface area contributed by atoms with Crippen molar-refractivity contribution >= 4 is 5.97 Å². The number of hydrogen-bond donors (Lipinski definition) is 2. The zero-order valence-corrected chi connectivity index (χ0v) is 21.6. The van der Waals surface area contributed by atoms with Gasteiger partial charge in [-0.2, -0.15) is 5.10 Å². The highest BCUT2D eigenvalue weighted by atomic mass is 16.4. The average molecular weight is 508 g/mol. The van der Waals surface area contributed by atoms with E-state index in [9.17, 15) is 4.79 Å². The molecule has 0 spiro atoms. The molecule has 0 atom stereocenters. The first-order valence-corrected chi connectivity index (χ1v) is 12.5. The number of aromatic amines is 1. The Morgan fingerprint density at radius 2 is 1.55 bits per heavy atom. The summed E-state index contributed by atoms with van der Waals surface area (Å²) in [6, 6.07) is 24.3. The molecule has 0 bridgehead atoms. The molecule has 3 aromatic carbocycles. The van der Waals surface area contributed by atoms with E-state index in [1.807, 2.05) is 47.1 Å². The standard InChI is InChI=1S/C29H29N7O2/c1-29(2,3)28-30-27(22-15-8-19(9-16-22)12-17-25(37)38)36(33-28)18-20-10-13-21(14-11-20)23-6-4-5-7-24(23)26-31-34-35-32-26/h4-11,13-16H,12,17-18H2,1-3H3,(H,37,38)(H,31,32,34,35). The van der Waals surface area contributed by atoms with Gasteiger partial charge in [0, 0.05) is 23.0 Å². The maximum absolute atomic E-state index is 10.9. The van der Waals surface area contributed by atoms with Gasteiger partial charge in [0.25, 0.3) is 0 Å². The van der Waals surface area contributed by atoms with Gasteiger partial charge in [-0.1, -0.05) is 93.6 Å². The monoisotopic (exact) mass is 507 g/mol. The molecule has 0 radical (unpaired) electrons. The Balaban J connectivity index is 1.43.